The number of rotatable bonds is 10. The number of halogens is 1. The fourth-order valence-corrected chi connectivity index (χ4v) is 2.14. The highest BCUT2D eigenvalue weighted by Crippen LogP contribution is 2.22. The molecule has 4 heteroatoms. The first-order chi connectivity index (χ1) is 9.79. The molecule has 1 aliphatic rings. The van der Waals surface area contributed by atoms with Gasteiger partial charge >= 0.3 is 0 Å². The van der Waals surface area contributed by atoms with Crippen molar-refractivity contribution < 1.29 is 9.13 Å². The second-order valence-electron chi connectivity index (χ2n) is 5.54. The van der Waals surface area contributed by atoms with E-state index in [2.05, 4.69) is 17.2 Å². The lowest BCUT2D eigenvalue weighted by Crippen LogP contribution is -2.17. The molecule has 1 aromatic rings. The molecule has 0 bridgehead atoms. The lowest BCUT2D eigenvalue weighted by atomic mass is 10.2. The molecule has 0 radical (unpaired) electrons. The Hall–Kier alpha value is -1.16. The summed E-state index contributed by atoms with van der Waals surface area (Å²) in [6.07, 6.45) is 9.68. The highest BCUT2D eigenvalue weighted by Gasteiger charge is 2.21. The summed E-state index contributed by atoms with van der Waals surface area (Å²) in [6, 6.07) is 2.12. The summed E-state index contributed by atoms with van der Waals surface area (Å²) in [5.41, 5.74) is 0.824. The third kappa shape index (κ3) is 5.45. The van der Waals surface area contributed by atoms with Gasteiger partial charge < -0.3 is 10.1 Å². The molecule has 0 aliphatic heterocycles. The molecule has 0 amide bonds. The zero-order chi connectivity index (χ0) is 14.2. The Bertz CT molecular complexity index is 407. The van der Waals surface area contributed by atoms with Gasteiger partial charge in [0, 0.05) is 18.2 Å². The lowest BCUT2D eigenvalue weighted by molar-refractivity contribution is 0.288. The SMILES string of the molecule is CCCCCCCOc1ncc(F)cc1CNC1CC1. The maximum atomic E-state index is 13.3. The van der Waals surface area contributed by atoms with Crippen LogP contribution in [0.5, 0.6) is 5.88 Å². The van der Waals surface area contributed by atoms with Crippen molar-refractivity contribution in [1.29, 1.82) is 0 Å². The summed E-state index contributed by atoms with van der Waals surface area (Å²) in [7, 11) is 0. The van der Waals surface area contributed by atoms with Gasteiger partial charge in [0.05, 0.1) is 12.8 Å². The number of pyridine rings is 1. The van der Waals surface area contributed by atoms with E-state index in [-0.39, 0.29) is 5.82 Å². The summed E-state index contributed by atoms with van der Waals surface area (Å²) < 4.78 is 19.0. The van der Waals surface area contributed by atoms with Gasteiger partial charge in [-0.25, -0.2) is 9.37 Å². The fraction of sp³-hybridized carbons (Fsp3) is 0.688. The van der Waals surface area contributed by atoms with Crippen molar-refractivity contribution in [2.24, 2.45) is 0 Å². The minimum absolute atomic E-state index is 0.298. The number of ether oxygens (including phenoxy) is 1. The van der Waals surface area contributed by atoms with Crippen LogP contribution in [0.3, 0.4) is 0 Å². The van der Waals surface area contributed by atoms with Crippen LogP contribution < -0.4 is 10.1 Å². The molecule has 1 aromatic heterocycles. The number of hydrogen-bond acceptors (Lipinski definition) is 3. The smallest absolute Gasteiger partial charge is 0.218 e. The second-order valence-corrected chi connectivity index (χ2v) is 5.54. The van der Waals surface area contributed by atoms with Gasteiger partial charge in [-0.2, -0.15) is 0 Å². The van der Waals surface area contributed by atoms with Crippen molar-refractivity contribution in [3.63, 3.8) is 0 Å². The van der Waals surface area contributed by atoms with Crippen LogP contribution in [0, 0.1) is 5.82 Å². The molecule has 0 saturated heterocycles. The first-order valence-corrected chi connectivity index (χ1v) is 7.80. The average molecular weight is 280 g/mol. The van der Waals surface area contributed by atoms with E-state index in [1.54, 1.807) is 0 Å². The van der Waals surface area contributed by atoms with Crippen molar-refractivity contribution in [2.75, 3.05) is 6.61 Å². The number of nitrogens with zero attached hydrogens (tertiary/aromatic N) is 1. The van der Waals surface area contributed by atoms with Crippen LogP contribution in [0.4, 0.5) is 4.39 Å². The molecule has 112 valence electrons. The van der Waals surface area contributed by atoms with Crippen LogP contribution in [-0.4, -0.2) is 17.6 Å². The van der Waals surface area contributed by atoms with Gasteiger partial charge in [-0.05, 0) is 25.3 Å². The topological polar surface area (TPSA) is 34.1 Å². The Morgan fingerprint density at radius 3 is 2.85 bits per heavy atom. The van der Waals surface area contributed by atoms with Crippen molar-refractivity contribution in [3.8, 4) is 5.88 Å². The number of nitrogens with one attached hydrogen (secondary N) is 1. The van der Waals surface area contributed by atoms with E-state index in [9.17, 15) is 4.39 Å². The molecular formula is C16H25FN2O. The average Bonchev–Trinajstić information content (AvgIpc) is 3.26. The van der Waals surface area contributed by atoms with Gasteiger partial charge in [-0.15, -0.1) is 0 Å². The summed E-state index contributed by atoms with van der Waals surface area (Å²) in [5, 5.41) is 3.37. The van der Waals surface area contributed by atoms with Gasteiger partial charge in [0.15, 0.2) is 0 Å². The largest absolute Gasteiger partial charge is 0.477 e. The summed E-state index contributed by atoms with van der Waals surface area (Å²) in [5.74, 6) is 0.280. The van der Waals surface area contributed by atoms with Gasteiger partial charge in [0.2, 0.25) is 5.88 Å². The van der Waals surface area contributed by atoms with Crippen molar-refractivity contribution in [1.82, 2.24) is 10.3 Å². The summed E-state index contributed by atoms with van der Waals surface area (Å²) >= 11 is 0. The van der Waals surface area contributed by atoms with E-state index in [4.69, 9.17) is 4.74 Å². The number of aromatic nitrogens is 1. The van der Waals surface area contributed by atoms with Crippen molar-refractivity contribution in [3.05, 3.63) is 23.6 Å². The quantitative estimate of drug-likeness (QED) is 0.662. The van der Waals surface area contributed by atoms with E-state index < -0.39 is 0 Å². The van der Waals surface area contributed by atoms with E-state index in [0.717, 1.165) is 12.0 Å². The van der Waals surface area contributed by atoms with E-state index in [1.807, 2.05) is 0 Å². The van der Waals surface area contributed by atoms with E-state index in [1.165, 1.54) is 50.8 Å². The minimum Gasteiger partial charge on any atom is -0.477 e. The standard InChI is InChI=1S/C16H25FN2O/c1-2-3-4-5-6-9-20-16-13(10-14(17)12-19-16)11-18-15-7-8-15/h10,12,15,18H,2-9,11H2,1H3. The van der Waals surface area contributed by atoms with E-state index in [0.29, 0.717) is 25.1 Å². The van der Waals surface area contributed by atoms with Crippen LogP contribution >= 0.6 is 0 Å². The minimum atomic E-state index is -0.298. The molecular weight excluding hydrogens is 255 g/mol. The zero-order valence-electron chi connectivity index (χ0n) is 12.3. The molecule has 0 atom stereocenters. The normalized spacial score (nSPS) is 14.5. The molecule has 1 heterocycles. The number of unbranched alkanes of at least 4 members (excludes halogenated alkanes) is 4. The number of hydrogen-bond donors (Lipinski definition) is 1. The Morgan fingerprint density at radius 2 is 2.10 bits per heavy atom. The molecule has 20 heavy (non-hydrogen) atoms. The van der Waals surface area contributed by atoms with E-state index >= 15 is 0 Å². The highest BCUT2D eigenvalue weighted by molar-refractivity contribution is 5.26. The molecule has 0 aromatic carbocycles. The Morgan fingerprint density at radius 1 is 1.30 bits per heavy atom. The van der Waals surface area contributed by atoms with Gasteiger partial charge in [0.1, 0.15) is 5.82 Å². The van der Waals surface area contributed by atoms with Crippen LogP contribution in [0.25, 0.3) is 0 Å². The third-order valence-corrected chi connectivity index (χ3v) is 3.54. The van der Waals surface area contributed by atoms with Crippen molar-refractivity contribution >= 4 is 0 Å². The van der Waals surface area contributed by atoms with Crippen LogP contribution in [0.15, 0.2) is 12.3 Å². The predicted molar refractivity (Wildman–Crippen MR) is 78.3 cm³/mol. The first-order valence-electron chi connectivity index (χ1n) is 7.80. The lowest BCUT2D eigenvalue weighted by Gasteiger charge is -2.11. The Kier molecular flexibility index (Phi) is 6.25. The molecule has 1 N–H and O–H groups in total. The second kappa shape index (κ2) is 8.20. The maximum Gasteiger partial charge on any atom is 0.218 e. The van der Waals surface area contributed by atoms with Crippen LogP contribution in [0.2, 0.25) is 0 Å². The molecule has 1 saturated carbocycles. The first kappa shape index (κ1) is 15.2. The van der Waals surface area contributed by atoms with Gasteiger partial charge in [0.25, 0.3) is 0 Å². The predicted octanol–water partition coefficient (Wildman–Crippen LogP) is 3.82. The molecule has 0 spiro atoms. The van der Waals surface area contributed by atoms with Gasteiger partial charge in [-0.1, -0.05) is 32.6 Å². The van der Waals surface area contributed by atoms with Crippen LogP contribution in [0.1, 0.15) is 57.4 Å². The Balaban J connectivity index is 1.76. The summed E-state index contributed by atoms with van der Waals surface area (Å²) in [6.45, 7) is 3.51. The fourth-order valence-electron chi connectivity index (χ4n) is 2.14. The Labute approximate surface area is 120 Å². The summed E-state index contributed by atoms with van der Waals surface area (Å²) in [4.78, 5) is 4.07. The zero-order valence-corrected chi connectivity index (χ0v) is 12.3. The van der Waals surface area contributed by atoms with Crippen LogP contribution in [-0.2, 0) is 6.54 Å². The molecule has 2 rings (SSSR count). The van der Waals surface area contributed by atoms with Crippen molar-refractivity contribution in [2.45, 2.75) is 64.5 Å². The monoisotopic (exact) mass is 280 g/mol. The third-order valence-electron chi connectivity index (χ3n) is 3.54. The molecule has 3 nitrogen and oxygen atoms in total. The molecule has 1 aliphatic carbocycles. The van der Waals surface area contributed by atoms with Gasteiger partial charge in [-0.3, -0.25) is 0 Å². The molecule has 1 fully saturated rings. The molecule has 0 unspecified atom stereocenters. The maximum absolute atomic E-state index is 13.3. The highest BCUT2D eigenvalue weighted by atomic mass is 19.1.